The van der Waals surface area contributed by atoms with Crippen LogP contribution in [0.15, 0.2) is 18.2 Å². The molecular formula is C10H12N4O2. The van der Waals surface area contributed by atoms with Crippen LogP contribution >= 0.6 is 0 Å². The number of amides is 1. The summed E-state index contributed by atoms with van der Waals surface area (Å²) in [6.07, 6.45) is -0.986. The lowest BCUT2D eigenvalue weighted by Gasteiger charge is -2.09. The van der Waals surface area contributed by atoms with Crippen molar-refractivity contribution in [3.05, 3.63) is 24.0 Å². The number of carboxylic acid groups (broad SMARTS) is 1. The third-order valence-corrected chi connectivity index (χ3v) is 2.27. The van der Waals surface area contributed by atoms with Crippen LogP contribution in [0.25, 0.3) is 11.0 Å². The van der Waals surface area contributed by atoms with Crippen LogP contribution in [0.2, 0.25) is 0 Å². The zero-order chi connectivity index (χ0) is 11.7. The van der Waals surface area contributed by atoms with Gasteiger partial charge in [0.1, 0.15) is 5.82 Å². The Hall–Kier alpha value is -2.24. The Bertz CT molecular complexity index is 535. The quantitative estimate of drug-likeness (QED) is 0.664. The Labute approximate surface area is 91.7 Å². The molecule has 6 heteroatoms. The normalized spacial score (nSPS) is 10.6. The lowest BCUT2D eigenvalue weighted by molar-refractivity contribution is 0.153. The number of nitrogens with two attached hydrogens (primary N) is 1. The van der Waals surface area contributed by atoms with Crippen molar-refractivity contribution in [3.63, 3.8) is 0 Å². The van der Waals surface area contributed by atoms with Gasteiger partial charge in [0.05, 0.1) is 17.6 Å². The molecule has 2 rings (SSSR count). The molecule has 0 spiro atoms. The van der Waals surface area contributed by atoms with Crippen LogP contribution in [-0.2, 0) is 6.54 Å². The Morgan fingerprint density at radius 2 is 2.38 bits per heavy atom. The molecule has 1 heterocycles. The van der Waals surface area contributed by atoms with Crippen molar-refractivity contribution in [3.8, 4) is 0 Å². The second-order valence-electron chi connectivity index (χ2n) is 3.60. The maximum absolute atomic E-state index is 10.6. The van der Waals surface area contributed by atoms with E-state index < -0.39 is 6.09 Å². The van der Waals surface area contributed by atoms with E-state index in [0.29, 0.717) is 11.5 Å². The number of H-pyrrole nitrogens is 1. The number of hydrogen-bond acceptors (Lipinski definition) is 3. The smallest absolute Gasteiger partial charge is 0.407 e. The molecule has 0 atom stereocenters. The Morgan fingerprint density at radius 1 is 1.62 bits per heavy atom. The minimum absolute atomic E-state index is 0.226. The second kappa shape index (κ2) is 3.73. The first-order valence-electron chi connectivity index (χ1n) is 4.74. The van der Waals surface area contributed by atoms with Gasteiger partial charge in [-0.1, -0.05) is 0 Å². The molecule has 84 valence electrons. The van der Waals surface area contributed by atoms with Gasteiger partial charge >= 0.3 is 6.09 Å². The van der Waals surface area contributed by atoms with Gasteiger partial charge in [-0.05, 0) is 18.2 Å². The predicted octanol–water partition coefficient (Wildman–Crippen LogP) is 1.25. The van der Waals surface area contributed by atoms with Gasteiger partial charge in [-0.3, -0.25) is 0 Å². The monoisotopic (exact) mass is 220 g/mol. The molecule has 0 saturated carbocycles. The van der Waals surface area contributed by atoms with Crippen LogP contribution in [0.1, 0.15) is 5.82 Å². The fraction of sp³-hybridized carbons (Fsp3) is 0.200. The zero-order valence-electron chi connectivity index (χ0n) is 8.77. The number of imidazole rings is 1. The first-order chi connectivity index (χ1) is 7.56. The third kappa shape index (κ3) is 1.90. The predicted molar refractivity (Wildman–Crippen MR) is 60.0 cm³/mol. The average molecular weight is 220 g/mol. The standard InChI is InChI=1S/C10H12N4O2/c1-14(10(15)16)5-9-12-7-3-2-6(11)4-8(7)13-9/h2-4H,5,11H2,1H3,(H,12,13)(H,15,16). The van der Waals surface area contributed by atoms with Crippen molar-refractivity contribution >= 4 is 22.8 Å². The number of aromatic amines is 1. The van der Waals surface area contributed by atoms with E-state index >= 15 is 0 Å². The molecule has 0 radical (unpaired) electrons. The third-order valence-electron chi connectivity index (χ3n) is 2.27. The van der Waals surface area contributed by atoms with E-state index in [2.05, 4.69) is 9.97 Å². The van der Waals surface area contributed by atoms with E-state index in [1.165, 1.54) is 7.05 Å². The molecule has 0 saturated heterocycles. The molecule has 1 aromatic carbocycles. The number of nitrogens with zero attached hydrogens (tertiary/aromatic N) is 2. The Morgan fingerprint density at radius 3 is 3.06 bits per heavy atom. The molecule has 0 aliphatic rings. The molecule has 2 aromatic rings. The van der Waals surface area contributed by atoms with Crippen LogP contribution in [0, 0.1) is 0 Å². The summed E-state index contributed by atoms with van der Waals surface area (Å²) in [6, 6.07) is 5.33. The highest BCUT2D eigenvalue weighted by Gasteiger charge is 2.09. The number of nitrogen functional groups attached to an aromatic ring is 1. The fourth-order valence-corrected chi connectivity index (χ4v) is 1.45. The van der Waals surface area contributed by atoms with Crippen molar-refractivity contribution in [2.75, 3.05) is 12.8 Å². The SMILES string of the molecule is CN(Cc1nc2ccc(N)cc2[nH]1)C(=O)O. The molecule has 1 aromatic heterocycles. The average Bonchev–Trinajstić information content (AvgIpc) is 2.58. The number of carbonyl (C=O) groups is 1. The molecule has 0 fully saturated rings. The highest BCUT2D eigenvalue weighted by molar-refractivity contribution is 5.78. The molecule has 0 unspecified atom stereocenters. The van der Waals surface area contributed by atoms with Gasteiger partial charge in [0.2, 0.25) is 0 Å². The summed E-state index contributed by atoms with van der Waals surface area (Å²) in [5.74, 6) is 0.602. The lowest BCUT2D eigenvalue weighted by atomic mass is 10.3. The summed E-state index contributed by atoms with van der Waals surface area (Å²) >= 11 is 0. The minimum Gasteiger partial charge on any atom is -0.465 e. The van der Waals surface area contributed by atoms with Gasteiger partial charge in [0.25, 0.3) is 0 Å². The summed E-state index contributed by atoms with van der Waals surface area (Å²) < 4.78 is 0. The van der Waals surface area contributed by atoms with Crippen molar-refractivity contribution < 1.29 is 9.90 Å². The van der Waals surface area contributed by atoms with Crippen molar-refractivity contribution in [1.82, 2.24) is 14.9 Å². The van der Waals surface area contributed by atoms with Crippen LogP contribution in [0.3, 0.4) is 0 Å². The summed E-state index contributed by atoms with van der Waals surface area (Å²) in [5.41, 5.74) is 7.87. The molecule has 6 nitrogen and oxygen atoms in total. The highest BCUT2D eigenvalue weighted by Crippen LogP contribution is 2.15. The van der Waals surface area contributed by atoms with Crippen LogP contribution in [0.4, 0.5) is 10.5 Å². The van der Waals surface area contributed by atoms with Crippen molar-refractivity contribution in [2.45, 2.75) is 6.54 Å². The second-order valence-corrected chi connectivity index (χ2v) is 3.60. The summed E-state index contributed by atoms with van der Waals surface area (Å²) in [4.78, 5) is 19.1. The molecule has 0 aliphatic carbocycles. The maximum atomic E-state index is 10.6. The summed E-state index contributed by atoms with van der Waals surface area (Å²) in [7, 11) is 1.49. The van der Waals surface area contributed by atoms with E-state index in [1.54, 1.807) is 18.2 Å². The van der Waals surface area contributed by atoms with Gasteiger partial charge in [-0.2, -0.15) is 0 Å². The molecular weight excluding hydrogens is 208 g/mol. The Balaban J connectivity index is 2.29. The van der Waals surface area contributed by atoms with Crippen molar-refractivity contribution in [1.29, 1.82) is 0 Å². The van der Waals surface area contributed by atoms with E-state index in [-0.39, 0.29) is 6.54 Å². The Kier molecular flexibility index (Phi) is 2.40. The minimum atomic E-state index is -0.986. The number of anilines is 1. The lowest BCUT2D eigenvalue weighted by Crippen LogP contribution is -2.24. The van der Waals surface area contributed by atoms with E-state index in [0.717, 1.165) is 15.9 Å². The van der Waals surface area contributed by atoms with E-state index in [9.17, 15) is 4.79 Å². The number of benzene rings is 1. The van der Waals surface area contributed by atoms with Crippen LogP contribution in [-0.4, -0.2) is 33.1 Å². The largest absolute Gasteiger partial charge is 0.465 e. The topological polar surface area (TPSA) is 95.2 Å². The summed E-state index contributed by atoms with van der Waals surface area (Å²) in [6.45, 7) is 0.226. The van der Waals surface area contributed by atoms with Gasteiger partial charge in [-0.15, -0.1) is 0 Å². The molecule has 16 heavy (non-hydrogen) atoms. The number of rotatable bonds is 2. The molecule has 1 amide bonds. The molecule has 4 N–H and O–H groups in total. The van der Waals surface area contributed by atoms with Crippen LogP contribution < -0.4 is 5.73 Å². The van der Waals surface area contributed by atoms with Gasteiger partial charge in [-0.25, -0.2) is 9.78 Å². The van der Waals surface area contributed by atoms with Gasteiger partial charge in [0.15, 0.2) is 0 Å². The first kappa shape index (κ1) is 10.3. The van der Waals surface area contributed by atoms with Crippen molar-refractivity contribution in [2.24, 2.45) is 0 Å². The highest BCUT2D eigenvalue weighted by atomic mass is 16.4. The molecule has 0 aliphatic heterocycles. The number of fused-ring (bicyclic) bond motifs is 1. The first-order valence-corrected chi connectivity index (χ1v) is 4.74. The maximum Gasteiger partial charge on any atom is 0.407 e. The van der Waals surface area contributed by atoms with Crippen LogP contribution in [0.5, 0.6) is 0 Å². The van der Waals surface area contributed by atoms with Gasteiger partial charge < -0.3 is 20.7 Å². The summed E-state index contributed by atoms with van der Waals surface area (Å²) in [5, 5.41) is 8.73. The number of nitrogens with one attached hydrogen (secondary N) is 1. The van der Waals surface area contributed by atoms with Gasteiger partial charge in [0, 0.05) is 12.7 Å². The fourth-order valence-electron chi connectivity index (χ4n) is 1.45. The number of hydrogen-bond donors (Lipinski definition) is 3. The molecule has 0 bridgehead atoms. The van der Waals surface area contributed by atoms with E-state index in [4.69, 9.17) is 10.8 Å². The number of aromatic nitrogens is 2. The zero-order valence-corrected chi connectivity index (χ0v) is 8.77. The van der Waals surface area contributed by atoms with E-state index in [1.807, 2.05) is 0 Å².